The van der Waals surface area contributed by atoms with Crippen LogP contribution >= 0.6 is 0 Å². The third kappa shape index (κ3) is 7.95. The highest BCUT2D eigenvalue weighted by Crippen LogP contribution is 2.72. The minimum Gasteiger partial charge on any atom is -0.481 e. The van der Waals surface area contributed by atoms with Gasteiger partial charge < -0.3 is 24.4 Å². The van der Waals surface area contributed by atoms with Crippen LogP contribution in [0.2, 0.25) is 0 Å². The van der Waals surface area contributed by atoms with Crippen LogP contribution in [0.4, 0.5) is 0 Å². The second-order valence-electron chi connectivity index (χ2n) is 15.7. The van der Waals surface area contributed by atoms with Gasteiger partial charge in [0.1, 0.15) is 6.61 Å². The zero-order valence-electron chi connectivity index (χ0n) is 25.9. The third-order valence-electron chi connectivity index (χ3n) is 13.5. The smallest absolute Gasteiger partial charge is 0.312 e. The van der Waals surface area contributed by atoms with Crippen LogP contribution in [0.25, 0.3) is 0 Å². The molecule has 0 aromatic carbocycles. The lowest BCUT2D eigenvalue weighted by atomic mass is 9.57. The number of carboxylic acid groups (broad SMARTS) is 1. The van der Waals surface area contributed by atoms with E-state index in [1.165, 1.54) is 38.5 Å². The zero-order chi connectivity index (χ0) is 29.9. The minimum absolute atomic E-state index is 0. The van der Waals surface area contributed by atoms with Crippen LogP contribution in [-0.2, 0) is 28.6 Å². The summed E-state index contributed by atoms with van der Waals surface area (Å²) in [6, 6.07) is 0. The number of hydrogen-bond donors (Lipinski definition) is 2. The zero-order valence-corrected chi connectivity index (χ0v) is 25.9. The summed E-state index contributed by atoms with van der Waals surface area (Å²) in [5.74, 6) is 2.28. The molecule has 6 rings (SSSR count). The van der Waals surface area contributed by atoms with E-state index in [1.54, 1.807) is 6.92 Å². The van der Waals surface area contributed by atoms with Crippen LogP contribution in [0.15, 0.2) is 0 Å². The Morgan fingerprint density at radius 1 is 0.792 bits per heavy atom. The molecule has 6 saturated carbocycles. The van der Waals surface area contributed by atoms with Crippen LogP contribution in [0.3, 0.4) is 0 Å². The normalized spacial score (nSPS) is 37.2. The summed E-state index contributed by atoms with van der Waals surface area (Å²) >= 11 is 0. The van der Waals surface area contributed by atoms with Gasteiger partial charge in [-0.25, -0.2) is 0 Å². The van der Waals surface area contributed by atoms with Gasteiger partial charge in [0.05, 0.1) is 30.5 Å². The largest absolute Gasteiger partial charge is 0.481 e. The maximum absolute atomic E-state index is 13.9. The van der Waals surface area contributed by atoms with Crippen molar-refractivity contribution in [1.29, 1.82) is 0 Å². The van der Waals surface area contributed by atoms with Gasteiger partial charge in [-0.2, -0.15) is 0 Å². The molecule has 48 heavy (non-hydrogen) atoms. The summed E-state index contributed by atoms with van der Waals surface area (Å²) in [4.78, 5) is 39.4. The van der Waals surface area contributed by atoms with Gasteiger partial charge >= 0.3 is 17.9 Å². The summed E-state index contributed by atoms with van der Waals surface area (Å²) in [5, 5.41) is 19.4. The molecule has 0 amide bonds. The Kier molecular flexibility index (Phi) is 17.4. The molecule has 0 spiro atoms. The predicted molar refractivity (Wildman–Crippen MR) is 194 cm³/mol. The molecule has 0 heterocycles. The van der Waals surface area contributed by atoms with Crippen LogP contribution in [0.5, 0.6) is 0 Å². The van der Waals surface area contributed by atoms with E-state index < -0.39 is 29.2 Å². The number of aliphatic hydroxyl groups is 1. The summed E-state index contributed by atoms with van der Waals surface area (Å²) in [5.41, 5.74) is -0.808. The standard InChI is InChI=1S/C34H52O8.6CH4/c1-17-19-5-6-20(11-19)26(17)15-40-16-42-32(38)27(18(2)31(36)37)30-24-13-23(28-21-7-8-22(12-21)29(24)28)25(30)14-34(3,4)33(39)41-10-9-35;;;;;;/h17-30,35H,5-16H2,1-4H3,(H,36,37);6*1H4. The molecule has 0 aromatic rings. The molecule has 6 aliphatic rings. The third-order valence-corrected chi connectivity index (χ3v) is 13.5. The summed E-state index contributed by atoms with van der Waals surface area (Å²) in [6.07, 6.45) is 9.17. The second-order valence-corrected chi connectivity index (χ2v) is 15.7. The number of carbonyl (C=O) groups is 3. The van der Waals surface area contributed by atoms with Gasteiger partial charge in [-0.15, -0.1) is 0 Å². The predicted octanol–water partition coefficient (Wildman–Crippen LogP) is 8.84. The first-order chi connectivity index (χ1) is 20.0. The van der Waals surface area contributed by atoms with E-state index in [-0.39, 0.29) is 88.3 Å². The van der Waals surface area contributed by atoms with Crippen molar-refractivity contribution in [1.82, 2.24) is 0 Å². The molecule has 0 aliphatic heterocycles. The fourth-order valence-corrected chi connectivity index (χ4v) is 11.8. The van der Waals surface area contributed by atoms with Crippen LogP contribution in [-0.4, -0.2) is 54.7 Å². The summed E-state index contributed by atoms with van der Waals surface area (Å²) < 4.78 is 17.1. The fourth-order valence-electron chi connectivity index (χ4n) is 11.8. The number of hydrogen-bond acceptors (Lipinski definition) is 7. The molecule has 14 atom stereocenters. The number of ether oxygens (including phenoxy) is 3. The average Bonchev–Trinajstić information content (AvgIpc) is 3.79. The lowest BCUT2D eigenvalue weighted by molar-refractivity contribution is -0.175. The quantitative estimate of drug-likeness (QED) is 0.0855. The van der Waals surface area contributed by atoms with Crippen molar-refractivity contribution < 1.29 is 38.8 Å². The first-order valence-corrected chi connectivity index (χ1v) is 16.8. The highest BCUT2D eigenvalue weighted by atomic mass is 16.7. The molecule has 8 nitrogen and oxygen atoms in total. The first kappa shape index (κ1) is 46.3. The van der Waals surface area contributed by atoms with Gasteiger partial charge in [-0.05, 0) is 136 Å². The van der Waals surface area contributed by atoms with Crippen molar-refractivity contribution in [3.05, 3.63) is 0 Å². The van der Waals surface area contributed by atoms with E-state index in [1.807, 2.05) is 13.8 Å². The minimum atomic E-state index is -0.985. The van der Waals surface area contributed by atoms with Gasteiger partial charge in [0.25, 0.3) is 0 Å². The number of aliphatic hydroxyl groups excluding tert-OH is 1. The Labute approximate surface area is 294 Å². The van der Waals surface area contributed by atoms with E-state index >= 15 is 0 Å². The lowest BCUT2D eigenvalue weighted by Crippen LogP contribution is -2.48. The molecular formula is C40H76O8. The summed E-state index contributed by atoms with van der Waals surface area (Å²) in [7, 11) is 0. The number of aliphatic carboxylic acids is 1. The van der Waals surface area contributed by atoms with Gasteiger partial charge in [0, 0.05) is 0 Å². The van der Waals surface area contributed by atoms with Crippen LogP contribution in [0.1, 0.15) is 124 Å². The molecular weight excluding hydrogens is 608 g/mol. The van der Waals surface area contributed by atoms with Gasteiger partial charge in [-0.3, -0.25) is 14.4 Å². The molecule has 14 unspecified atom stereocenters. The molecule has 6 fully saturated rings. The molecule has 2 N–H and O–H groups in total. The van der Waals surface area contributed by atoms with Crippen molar-refractivity contribution in [3.63, 3.8) is 0 Å². The molecule has 0 aromatic heterocycles. The number of fused-ring (bicyclic) bond motifs is 11. The molecule has 0 radical (unpaired) electrons. The maximum Gasteiger partial charge on any atom is 0.312 e. The van der Waals surface area contributed by atoms with E-state index in [9.17, 15) is 24.6 Å². The van der Waals surface area contributed by atoms with Crippen molar-refractivity contribution in [2.75, 3.05) is 26.6 Å². The highest BCUT2D eigenvalue weighted by Gasteiger charge is 2.68. The molecule has 284 valence electrons. The molecule has 6 aliphatic carbocycles. The highest BCUT2D eigenvalue weighted by molar-refractivity contribution is 5.81. The Bertz CT molecular complexity index is 1040. The Hall–Kier alpha value is -1.67. The fraction of sp³-hybridized carbons (Fsp3) is 0.925. The molecule has 0 saturated heterocycles. The van der Waals surface area contributed by atoms with E-state index in [0.717, 1.165) is 12.3 Å². The van der Waals surface area contributed by atoms with E-state index in [0.29, 0.717) is 60.4 Å². The van der Waals surface area contributed by atoms with Crippen LogP contribution < -0.4 is 0 Å². The van der Waals surface area contributed by atoms with Crippen molar-refractivity contribution in [2.24, 2.45) is 88.3 Å². The van der Waals surface area contributed by atoms with Crippen molar-refractivity contribution >= 4 is 17.9 Å². The maximum atomic E-state index is 13.9. The van der Waals surface area contributed by atoms with Gasteiger partial charge in [0.15, 0.2) is 6.79 Å². The second kappa shape index (κ2) is 18.0. The Balaban J connectivity index is 0.00000368. The van der Waals surface area contributed by atoms with Crippen molar-refractivity contribution in [3.8, 4) is 0 Å². The Morgan fingerprint density at radius 3 is 1.92 bits per heavy atom. The van der Waals surface area contributed by atoms with Gasteiger partial charge in [-0.1, -0.05) is 58.4 Å². The number of carboxylic acids is 1. The Morgan fingerprint density at radius 2 is 1.35 bits per heavy atom. The number of esters is 2. The first-order valence-electron chi connectivity index (χ1n) is 16.8. The molecule has 8 heteroatoms. The topological polar surface area (TPSA) is 119 Å². The van der Waals surface area contributed by atoms with Crippen molar-refractivity contribution in [2.45, 2.75) is 124 Å². The van der Waals surface area contributed by atoms with E-state index in [4.69, 9.17) is 14.2 Å². The number of rotatable bonds is 13. The van der Waals surface area contributed by atoms with E-state index in [2.05, 4.69) is 6.92 Å². The van der Waals surface area contributed by atoms with Crippen LogP contribution in [0, 0.1) is 88.3 Å². The summed E-state index contributed by atoms with van der Waals surface area (Å²) in [6.45, 7) is 7.91. The number of carbonyl (C=O) groups excluding carboxylic acids is 2. The SMILES string of the molecule is C.C.C.C.C.C.CC(C(=O)O)C(C(=O)OCOCC1C2CCC(C2)C1C)C1C(CC(C)(C)C(=O)OCCO)C2CC1C1C3CCC(C3)C21. The van der Waals surface area contributed by atoms with Gasteiger partial charge in [0.2, 0.25) is 0 Å². The average molecular weight is 685 g/mol. The lowest BCUT2D eigenvalue weighted by Gasteiger charge is -2.47. The molecule has 6 bridgehead atoms. The monoisotopic (exact) mass is 685 g/mol.